The van der Waals surface area contributed by atoms with E-state index in [1.807, 2.05) is 44.2 Å². The largest absolute Gasteiger partial charge is 0.457 e. The average Bonchev–Trinajstić information content (AvgIpc) is 3.24. The Morgan fingerprint density at radius 1 is 1.16 bits per heavy atom. The van der Waals surface area contributed by atoms with Crippen LogP contribution in [0.2, 0.25) is 0 Å². The molecule has 1 amide bonds. The minimum atomic E-state index is -0.573. The number of amides is 1. The number of likely N-dealkylation sites (tertiary alicyclic amines) is 1. The van der Waals surface area contributed by atoms with Gasteiger partial charge in [0, 0.05) is 18.6 Å². The van der Waals surface area contributed by atoms with Crippen LogP contribution >= 0.6 is 0 Å². The lowest BCUT2D eigenvalue weighted by Gasteiger charge is -2.41. The summed E-state index contributed by atoms with van der Waals surface area (Å²) in [7, 11) is 0. The van der Waals surface area contributed by atoms with Crippen LogP contribution in [0.5, 0.6) is 11.5 Å². The lowest BCUT2D eigenvalue weighted by molar-refractivity contribution is -0.134. The molecule has 12 heteroatoms. The number of nitriles is 1. The summed E-state index contributed by atoms with van der Waals surface area (Å²) in [6.45, 7) is 5.72. The number of nitrogens with one attached hydrogen (secondary N) is 1. The highest BCUT2D eigenvalue weighted by atomic mass is 16.5. The predicted molar refractivity (Wildman–Crippen MR) is 160 cm³/mol. The molecule has 43 heavy (non-hydrogen) atoms. The number of carbonyl (C=O) groups is 1. The molecule has 0 saturated carbocycles. The zero-order valence-corrected chi connectivity index (χ0v) is 23.9. The van der Waals surface area contributed by atoms with Crippen molar-refractivity contribution >= 4 is 22.9 Å². The lowest BCUT2D eigenvalue weighted by Crippen LogP contribution is -2.55. The molecular weight excluding hydrogens is 548 g/mol. The number of nitrogens with zero attached hydrogens (tertiary/aromatic N) is 6. The van der Waals surface area contributed by atoms with Crippen molar-refractivity contribution in [3.8, 4) is 23.3 Å². The molecule has 12 nitrogen and oxygen atoms in total. The Morgan fingerprint density at radius 2 is 1.88 bits per heavy atom. The van der Waals surface area contributed by atoms with Crippen LogP contribution in [-0.2, 0) is 16.1 Å². The molecule has 2 aliphatic heterocycles. The molecule has 0 bridgehead atoms. The van der Waals surface area contributed by atoms with E-state index in [2.05, 4.69) is 21.4 Å². The number of ether oxygens (including phenoxy) is 2. The number of rotatable bonds is 9. The highest BCUT2D eigenvalue weighted by Crippen LogP contribution is 2.27. The van der Waals surface area contributed by atoms with E-state index in [0.717, 1.165) is 0 Å². The molecular formula is C31H32N8O4. The van der Waals surface area contributed by atoms with Crippen LogP contribution in [0.15, 0.2) is 77.4 Å². The topological polar surface area (TPSA) is 153 Å². The number of benzene rings is 2. The van der Waals surface area contributed by atoms with Crippen LogP contribution in [-0.4, -0.2) is 67.3 Å². The summed E-state index contributed by atoms with van der Waals surface area (Å²) in [5.74, 6) is 1.11. The van der Waals surface area contributed by atoms with Gasteiger partial charge in [-0.15, -0.1) is 0 Å². The van der Waals surface area contributed by atoms with Crippen molar-refractivity contribution in [1.82, 2.24) is 29.3 Å². The first-order valence-electron chi connectivity index (χ1n) is 14.1. The second-order valence-electron chi connectivity index (χ2n) is 11.3. The number of nitrogen functional groups attached to an aromatic ring is 1. The Hall–Kier alpha value is -4.99. The van der Waals surface area contributed by atoms with Crippen molar-refractivity contribution < 1.29 is 14.3 Å². The Balaban J connectivity index is 1.26. The zero-order chi connectivity index (χ0) is 30.1. The molecule has 220 valence electrons. The number of para-hydroxylation sites is 1. The van der Waals surface area contributed by atoms with E-state index in [1.54, 1.807) is 35.2 Å². The first-order chi connectivity index (χ1) is 20.7. The fourth-order valence-corrected chi connectivity index (χ4v) is 5.45. The van der Waals surface area contributed by atoms with Crippen LogP contribution in [0.3, 0.4) is 0 Å². The van der Waals surface area contributed by atoms with Crippen molar-refractivity contribution in [2.75, 3.05) is 25.5 Å². The second kappa shape index (κ2) is 11.4. The molecule has 4 heterocycles. The number of hydrogen-bond donors (Lipinski definition) is 2. The highest BCUT2D eigenvalue weighted by molar-refractivity contribution is 5.98. The first-order valence-corrected chi connectivity index (χ1v) is 14.1. The predicted octanol–water partition coefficient (Wildman–Crippen LogP) is 2.77. The highest BCUT2D eigenvalue weighted by Gasteiger charge is 2.36. The summed E-state index contributed by atoms with van der Waals surface area (Å²) in [4.78, 5) is 37.4. The fraction of sp³-hybridized carbons (Fsp3) is 0.323. The third kappa shape index (κ3) is 5.60. The molecule has 0 spiro atoms. The number of fused-ring (bicyclic) bond motifs is 1. The van der Waals surface area contributed by atoms with E-state index in [9.17, 15) is 14.9 Å². The number of carbonyl (C=O) groups excluding carboxylic acids is 1. The van der Waals surface area contributed by atoms with E-state index in [-0.39, 0.29) is 41.6 Å². The van der Waals surface area contributed by atoms with Crippen LogP contribution in [0.1, 0.15) is 20.3 Å². The monoisotopic (exact) mass is 580 g/mol. The lowest BCUT2D eigenvalue weighted by atomic mass is 9.96. The van der Waals surface area contributed by atoms with Crippen molar-refractivity contribution in [2.24, 2.45) is 0 Å². The summed E-state index contributed by atoms with van der Waals surface area (Å²) in [5, 5.41) is 13.2. The van der Waals surface area contributed by atoms with Gasteiger partial charge in [-0.1, -0.05) is 18.2 Å². The van der Waals surface area contributed by atoms with Gasteiger partial charge in [0.1, 0.15) is 35.0 Å². The maximum atomic E-state index is 13.9. The minimum absolute atomic E-state index is 0.0570. The van der Waals surface area contributed by atoms with Crippen molar-refractivity contribution in [3.05, 3.63) is 83.1 Å². The van der Waals surface area contributed by atoms with Gasteiger partial charge in [-0.2, -0.15) is 5.26 Å². The number of imidazole rings is 1. The summed E-state index contributed by atoms with van der Waals surface area (Å²) in [6.07, 6.45) is 3.66. The number of nitrogens with two attached hydrogens (primary N) is 1. The normalized spacial score (nSPS) is 17.3. The van der Waals surface area contributed by atoms with Gasteiger partial charge in [0.2, 0.25) is 0 Å². The van der Waals surface area contributed by atoms with Crippen LogP contribution in [0.25, 0.3) is 16.9 Å². The molecule has 2 aromatic carbocycles. The zero-order valence-electron chi connectivity index (χ0n) is 23.9. The number of hydrogen-bond acceptors (Lipinski definition) is 9. The van der Waals surface area contributed by atoms with E-state index in [0.29, 0.717) is 54.5 Å². The van der Waals surface area contributed by atoms with Crippen molar-refractivity contribution in [2.45, 2.75) is 44.4 Å². The molecule has 1 unspecified atom stereocenters. The standard InChI is InChI=1S/C31H32N8O4/c1-31(2,36-21-17-42-18-21)14-20(15-32)29(40)37-13-12-23(37)16-38-28-26(27(33)34-19-35-28)39(30(38)41)22-8-10-25(11-9-22)43-24-6-4-3-5-7-24/h3-11,14,19,21,23,36H,12-13,16-18H2,1-2H3,(H2,33,34,35). The first kappa shape index (κ1) is 28.1. The average molecular weight is 581 g/mol. The summed E-state index contributed by atoms with van der Waals surface area (Å²) in [5.41, 5.74) is 6.70. The summed E-state index contributed by atoms with van der Waals surface area (Å²) < 4.78 is 14.1. The third-order valence-electron chi connectivity index (χ3n) is 7.67. The third-order valence-corrected chi connectivity index (χ3v) is 7.67. The molecule has 2 saturated heterocycles. The Kier molecular flexibility index (Phi) is 7.43. The molecule has 2 aromatic heterocycles. The van der Waals surface area contributed by atoms with Gasteiger partial charge in [0.15, 0.2) is 11.5 Å². The van der Waals surface area contributed by atoms with Crippen molar-refractivity contribution in [1.29, 1.82) is 5.26 Å². The van der Waals surface area contributed by atoms with E-state index < -0.39 is 5.54 Å². The quantitative estimate of drug-likeness (QED) is 0.225. The molecule has 0 radical (unpaired) electrons. The molecule has 1 atom stereocenters. The van der Waals surface area contributed by atoms with Crippen LogP contribution in [0, 0.1) is 11.3 Å². The second-order valence-corrected chi connectivity index (χ2v) is 11.3. The Morgan fingerprint density at radius 3 is 2.51 bits per heavy atom. The van der Waals surface area contributed by atoms with Gasteiger partial charge in [-0.05, 0) is 62.7 Å². The SMILES string of the molecule is CC(C)(C=C(C#N)C(=O)N1CCC1Cn1c(=O)n(-c2ccc(Oc3ccccc3)cc2)c2c(N)ncnc21)NC1COC1. The molecule has 4 aromatic rings. The van der Waals surface area contributed by atoms with Crippen molar-refractivity contribution in [3.63, 3.8) is 0 Å². The van der Waals surface area contributed by atoms with E-state index >= 15 is 0 Å². The smallest absolute Gasteiger partial charge is 0.335 e. The van der Waals surface area contributed by atoms with Crippen LogP contribution < -0.4 is 21.5 Å². The Bertz CT molecular complexity index is 1780. The van der Waals surface area contributed by atoms with Gasteiger partial charge in [0.25, 0.3) is 5.91 Å². The van der Waals surface area contributed by atoms with Gasteiger partial charge in [-0.25, -0.2) is 14.8 Å². The minimum Gasteiger partial charge on any atom is -0.457 e. The molecule has 2 fully saturated rings. The maximum absolute atomic E-state index is 13.9. The van der Waals surface area contributed by atoms with Gasteiger partial charge in [-0.3, -0.25) is 13.9 Å². The van der Waals surface area contributed by atoms with Gasteiger partial charge < -0.3 is 25.4 Å². The Labute approximate surface area is 248 Å². The molecule has 3 N–H and O–H groups in total. The molecule has 0 aliphatic carbocycles. The van der Waals surface area contributed by atoms with Gasteiger partial charge in [0.05, 0.1) is 31.0 Å². The number of aromatic nitrogens is 4. The van der Waals surface area contributed by atoms with E-state index in [4.69, 9.17) is 15.2 Å². The van der Waals surface area contributed by atoms with E-state index in [1.165, 1.54) is 15.5 Å². The summed E-state index contributed by atoms with van der Waals surface area (Å²) >= 11 is 0. The molecule has 2 aliphatic rings. The summed E-state index contributed by atoms with van der Waals surface area (Å²) in [6, 6.07) is 18.4. The van der Waals surface area contributed by atoms with Gasteiger partial charge >= 0.3 is 5.69 Å². The molecule has 6 rings (SSSR count). The van der Waals surface area contributed by atoms with Crippen LogP contribution in [0.4, 0.5) is 5.82 Å². The number of anilines is 1. The fourth-order valence-electron chi connectivity index (χ4n) is 5.45. The maximum Gasteiger partial charge on any atom is 0.335 e.